The molecule has 1 fully saturated rings. The number of anilines is 1. The third kappa shape index (κ3) is 4.41. The van der Waals surface area contributed by atoms with E-state index < -0.39 is 0 Å². The fourth-order valence-electron chi connectivity index (χ4n) is 2.62. The number of nitrogens with zero attached hydrogens (tertiary/aromatic N) is 4. The minimum Gasteiger partial charge on any atom is -0.360 e. The van der Waals surface area contributed by atoms with Gasteiger partial charge in [0.05, 0.1) is 0 Å². The molecule has 1 saturated heterocycles. The zero-order valence-electron chi connectivity index (χ0n) is 13.2. The molecule has 1 aliphatic heterocycles. The number of likely N-dealkylation sites (tertiary alicyclic amines) is 1. The first-order valence-corrected chi connectivity index (χ1v) is 8.05. The topological polar surface area (TPSA) is 49.3 Å². The SMILES string of the molecule is CCCCN(C)c1cc(C(=O)N2CCCCCC2)ncn1. The average Bonchev–Trinajstić information content (AvgIpc) is 2.81. The molecule has 1 aliphatic rings. The van der Waals surface area contributed by atoms with E-state index >= 15 is 0 Å². The summed E-state index contributed by atoms with van der Waals surface area (Å²) in [5.74, 6) is 0.876. The van der Waals surface area contributed by atoms with Crippen LogP contribution >= 0.6 is 0 Å². The highest BCUT2D eigenvalue weighted by atomic mass is 16.2. The van der Waals surface area contributed by atoms with Gasteiger partial charge in [-0.3, -0.25) is 4.79 Å². The van der Waals surface area contributed by atoms with Gasteiger partial charge in [0.15, 0.2) is 0 Å². The smallest absolute Gasteiger partial charge is 0.272 e. The third-order valence-electron chi connectivity index (χ3n) is 4.00. The minimum absolute atomic E-state index is 0.0458. The molecule has 0 saturated carbocycles. The van der Waals surface area contributed by atoms with E-state index in [-0.39, 0.29) is 5.91 Å². The lowest BCUT2D eigenvalue weighted by atomic mass is 10.2. The Labute approximate surface area is 127 Å². The lowest BCUT2D eigenvalue weighted by Gasteiger charge is -2.21. The fourth-order valence-corrected chi connectivity index (χ4v) is 2.62. The summed E-state index contributed by atoms with van der Waals surface area (Å²) >= 11 is 0. The first-order valence-electron chi connectivity index (χ1n) is 8.05. The lowest BCUT2D eigenvalue weighted by Crippen LogP contribution is -2.32. The fraction of sp³-hybridized carbons (Fsp3) is 0.688. The van der Waals surface area contributed by atoms with Gasteiger partial charge >= 0.3 is 0 Å². The van der Waals surface area contributed by atoms with E-state index in [2.05, 4.69) is 21.8 Å². The van der Waals surface area contributed by atoms with E-state index in [9.17, 15) is 4.79 Å². The van der Waals surface area contributed by atoms with Crippen LogP contribution in [0.3, 0.4) is 0 Å². The Morgan fingerprint density at radius 2 is 1.95 bits per heavy atom. The van der Waals surface area contributed by atoms with Gasteiger partial charge in [-0.1, -0.05) is 26.2 Å². The van der Waals surface area contributed by atoms with Crippen LogP contribution in [0, 0.1) is 0 Å². The monoisotopic (exact) mass is 290 g/mol. The predicted molar refractivity (Wildman–Crippen MR) is 84.6 cm³/mol. The number of aromatic nitrogens is 2. The van der Waals surface area contributed by atoms with Crippen molar-refractivity contribution in [2.24, 2.45) is 0 Å². The number of rotatable bonds is 5. The maximum atomic E-state index is 12.6. The van der Waals surface area contributed by atoms with Gasteiger partial charge in [0.2, 0.25) is 0 Å². The Kier molecular flexibility index (Phi) is 5.96. The summed E-state index contributed by atoms with van der Waals surface area (Å²) in [4.78, 5) is 25.0. The van der Waals surface area contributed by atoms with Crippen molar-refractivity contribution in [3.05, 3.63) is 18.1 Å². The Bertz CT molecular complexity index is 455. The van der Waals surface area contributed by atoms with Crippen molar-refractivity contribution in [1.29, 1.82) is 0 Å². The molecular formula is C16H26N4O. The molecule has 2 heterocycles. The zero-order chi connectivity index (χ0) is 15.1. The number of amides is 1. The molecule has 0 bridgehead atoms. The van der Waals surface area contributed by atoms with Crippen LogP contribution in [0.4, 0.5) is 5.82 Å². The Morgan fingerprint density at radius 3 is 2.62 bits per heavy atom. The highest BCUT2D eigenvalue weighted by Crippen LogP contribution is 2.15. The van der Waals surface area contributed by atoms with Crippen LogP contribution < -0.4 is 4.90 Å². The Balaban J connectivity index is 2.06. The molecule has 0 N–H and O–H groups in total. The summed E-state index contributed by atoms with van der Waals surface area (Å²) in [6.45, 7) is 4.82. The van der Waals surface area contributed by atoms with Crippen LogP contribution in [0.5, 0.6) is 0 Å². The molecule has 2 rings (SSSR count). The van der Waals surface area contributed by atoms with E-state index in [4.69, 9.17) is 0 Å². The molecule has 0 spiro atoms. The molecular weight excluding hydrogens is 264 g/mol. The number of hydrogen-bond acceptors (Lipinski definition) is 4. The van der Waals surface area contributed by atoms with E-state index in [1.807, 2.05) is 18.0 Å². The van der Waals surface area contributed by atoms with Crippen molar-refractivity contribution in [2.45, 2.75) is 45.4 Å². The summed E-state index contributed by atoms with van der Waals surface area (Å²) in [5.41, 5.74) is 0.519. The molecule has 0 aliphatic carbocycles. The van der Waals surface area contributed by atoms with Crippen LogP contribution in [-0.4, -0.2) is 47.5 Å². The first kappa shape index (κ1) is 15.7. The third-order valence-corrected chi connectivity index (χ3v) is 4.00. The standard InChI is InChI=1S/C16H26N4O/c1-3-4-9-19(2)15-12-14(17-13-18-15)16(21)20-10-7-5-6-8-11-20/h12-13H,3-11H2,1-2H3. The van der Waals surface area contributed by atoms with Gasteiger partial charge in [-0.05, 0) is 19.3 Å². The second-order valence-corrected chi connectivity index (χ2v) is 5.74. The van der Waals surface area contributed by atoms with Gasteiger partial charge in [-0.2, -0.15) is 0 Å². The predicted octanol–water partition coefficient (Wildman–Crippen LogP) is 2.73. The molecule has 1 aromatic heterocycles. The van der Waals surface area contributed by atoms with Crippen LogP contribution in [0.25, 0.3) is 0 Å². The summed E-state index contributed by atoms with van der Waals surface area (Å²) in [6.07, 6.45) is 8.41. The van der Waals surface area contributed by atoms with Crippen LogP contribution in [0.1, 0.15) is 55.9 Å². The molecule has 0 unspecified atom stereocenters. The Morgan fingerprint density at radius 1 is 1.24 bits per heavy atom. The molecule has 5 nitrogen and oxygen atoms in total. The van der Waals surface area contributed by atoms with Crippen molar-refractivity contribution < 1.29 is 4.79 Å². The molecule has 21 heavy (non-hydrogen) atoms. The van der Waals surface area contributed by atoms with E-state index in [1.165, 1.54) is 19.2 Å². The van der Waals surface area contributed by atoms with Gasteiger partial charge in [0.25, 0.3) is 5.91 Å². The van der Waals surface area contributed by atoms with Gasteiger partial charge < -0.3 is 9.80 Å². The van der Waals surface area contributed by atoms with E-state index in [0.717, 1.165) is 51.1 Å². The first-order chi connectivity index (χ1) is 10.2. The van der Waals surface area contributed by atoms with E-state index in [0.29, 0.717) is 5.69 Å². The maximum Gasteiger partial charge on any atom is 0.272 e. The Hall–Kier alpha value is -1.65. The normalized spacial score (nSPS) is 15.6. The number of unbranched alkanes of at least 4 members (excludes halogenated alkanes) is 1. The molecule has 1 amide bonds. The highest BCUT2D eigenvalue weighted by Gasteiger charge is 2.19. The van der Waals surface area contributed by atoms with Crippen molar-refractivity contribution in [3.63, 3.8) is 0 Å². The molecule has 5 heteroatoms. The van der Waals surface area contributed by atoms with Gasteiger partial charge in [-0.25, -0.2) is 9.97 Å². The van der Waals surface area contributed by atoms with Gasteiger partial charge in [-0.15, -0.1) is 0 Å². The van der Waals surface area contributed by atoms with Crippen LogP contribution in [0.2, 0.25) is 0 Å². The summed E-state index contributed by atoms with van der Waals surface area (Å²) in [5, 5.41) is 0. The molecule has 1 aromatic rings. The highest BCUT2D eigenvalue weighted by molar-refractivity contribution is 5.92. The average molecular weight is 290 g/mol. The van der Waals surface area contributed by atoms with Gasteiger partial charge in [0.1, 0.15) is 17.8 Å². The molecule has 0 radical (unpaired) electrons. The summed E-state index contributed by atoms with van der Waals surface area (Å²) < 4.78 is 0. The van der Waals surface area contributed by atoms with Crippen molar-refractivity contribution in [3.8, 4) is 0 Å². The molecule has 0 aromatic carbocycles. The second-order valence-electron chi connectivity index (χ2n) is 5.74. The van der Waals surface area contributed by atoms with Crippen molar-refractivity contribution in [1.82, 2.24) is 14.9 Å². The maximum absolute atomic E-state index is 12.6. The largest absolute Gasteiger partial charge is 0.360 e. The van der Waals surface area contributed by atoms with Gasteiger partial charge in [0, 0.05) is 32.7 Å². The molecule has 0 atom stereocenters. The molecule has 116 valence electrons. The quantitative estimate of drug-likeness (QED) is 0.836. The summed E-state index contributed by atoms with van der Waals surface area (Å²) in [7, 11) is 2.01. The lowest BCUT2D eigenvalue weighted by molar-refractivity contribution is 0.0755. The van der Waals surface area contributed by atoms with Crippen LogP contribution in [0.15, 0.2) is 12.4 Å². The second kappa shape index (κ2) is 7.96. The minimum atomic E-state index is 0.0458. The van der Waals surface area contributed by atoms with Crippen molar-refractivity contribution >= 4 is 11.7 Å². The number of carbonyl (C=O) groups excluding carboxylic acids is 1. The van der Waals surface area contributed by atoms with Crippen LogP contribution in [-0.2, 0) is 0 Å². The number of carbonyl (C=O) groups is 1. The number of hydrogen-bond donors (Lipinski definition) is 0. The summed E-state index contributed by atoms with van der Waals surface area (Å²) in [6, 6.07) is 1.82. The van der Waals surface area contributed by atoms with Crippen molar-refractivity contribution in [2.75, 3.05) is 31.6 Å². The van der Waals surface area contributed by atoms with E-state index in [1.54, 1.807) is 0 Å². The zero-order valence-corrected chi connectivity index (χ0v) is 13.2.